The molecule has 4 rings (SSSR count). The van der Waals surface area contributed by atoms with E-state index in [4.69, 9.17) is 16.6 Å². The number of rotatable bonds is 3. The second kappa shape index (κ2) is 6.74. The van der Waals surface area contributed by atoms with Crippen molar-refractivity contribution in [3.63, 3.8) is 0 Å². The van der Waals surface area contributed by atoms with Gasteiger partial charge < -0.3 is 14.9 Å². The van der Waals surface area contributed by atoms with Crippen LogP contribution in [0.25, 0.3) is 22.3 Å². The number of nitrogens with zero attached hydrogens (tertiary/aromatic N) is 4. The molecule has 26 heavy (non-hydrogen) atoms. The first-order valence-electron chi connectivity index (χ1n) is 8.70. The minimum absolute atomic E-state index is 0.174. The van der Waals surface area contributed by atoms with Gasteiger partial charge in [0, 0.05) is 29.5 Å². The Morgan fingerprint density at radius 3 is 2.69 bits per heavy atom. The van der Waals surface area contributed by atoms with Crippen molar-refractivity contribution >= 4 is 28.3 Å². The van der Waals surface area contributed by atoms with E-state index in [9.17, 15) is 5.11 Å². The number of phenolic OH excluding ortho intramolecular Hbond substituents is 1. The number of hydrogen-bond donors (Lipinski definition) is 1. The van der Waals surface area contributed by atoms with Crippen LogP contribution in [0.2, 0.25) is 5.02 Å². The fourth-order valence-electron chi connectivity index (χ4n) is 3.47. The minimum atomic E-state index is 0.174. The lowest BCUT2D eigenvalue weighted by atomic mass is 10.1. The van der Waals surface area contributed by atoms with Crippen molar-refractivity contribution in [1.82, 2.24) is 14.9 Å². The molecule has 3 aromatic rings. The van der Waals surface area contributed by atoms with Gasteiger partial charge in [-0.3, -0.25) is 0 Å². The molecular formula is C20H21ClN4O. The predicted octanol–water partition coefficient (Wildman–Crippen LogP) is 3.80. The van der Waals surface area contributed by atoms with Crippen molar-refractivity contribution in [3.05, 3.63) is 47.5 Å². The summed E-state index contributed by atoms with van der Waals surface area (Å²) in [5.41, 5.74) is 1.41. The third-order valence-electron chi connectivity index (χ3n) is 4.98. The second-order valence-electron chi connectivity index (χ2n) is 6.90. The van der Waals surface area contributed by atoms with Crippen LogP contribution >= 0.6 is 11.6 Å². The minimum Gasteiger partial charge on any atom is -0.507 e. The molecule has 0 spiro atoms. The zero-order valence-corrected chi connectivity index (χ0v) is 15.6. The van der Waals surface area contributed by atoms with Crippen LogP contribution in [0.4, 0.5) is 5.82 Å². The Bertz CT molecular complexity index is 960. The van der Waals surface area contributed by atoms with Crippen LogP contribution in [0.15, 0.2) is 42.5 Å². The van der Waals surface area contributed by atoms with Gasteiger partial charge in [0.25, 0.3) is 0 Å². The average Bonchev–Trinajstić information content (AvgIpc) is 3.11. The average molecular weight is 369 g/mol. The number of para-hydroxylation sites is 1. The summed E-state index contributed by atoms with van der Waals surface area (Å²) in [5, 5.41) is 11.9. The number of phenols is 1. The lowest BCUT2D eigenvalue weighted by Crippen LogP contribution is -2.31. The highest BCUT2D eigenvalue weighted by Gasteiger charge is 2.27. The third kappa shape index (κ3) is 3.08. The van der Waals surface area contributed by atoms with E-state index in [1.165, 1.54) is 0 Å². The van der Waals surface area contributed by atoms with E-state index in [1.54, 1.807) is 12.1 Å². The van der Waals surface area contributed by atoms with Gasteiger partial charge in [-0.2, -0.15) is 0 Å². The summed E-state index contributed by atoms with van der Waals surface area (Å²) in [6.07, 6.45) is 1.10. The highest BCUT2D eigenvalue weighted by molar-refractivity contribution is 6.31. The van der Waals surface area contributed by atoms with E-state index in [0.29, 0.717) is 22.5 Å². The Morgan fingerprint density at radius 2 is 1.96 bits per heavy atom. The summed E-state index contributed by atoms with van der Waals surface area (Å²) < 4.78 is 0. The van der Waals surface area contributed by atoms with Gasteiger partial charge in [-0.05, 0) is 50.8 Å². The van der Waals surface area contributed by atoms with E-state index in [2.05, 4.69) is 28.9 Å². The molecule has 0 amide bonds. The molecule has 2 heterocycles. The van der Waals surface area contributed by atoms with E-state index in [0.717, 1.165) is 36.2 Å². The van der Waals surface area contributed by atoms with Crippen molar-refractivity contribution in [2.75, 3.05) is 32.1 Å². The van der Waals surface area contributed by atoms with Crippen molar-refractivity contribution in [2.45, 2.75) is 12.5 Å². The quantitative estimate of drug-likeness (QED) is 0.762. The fraction of sp³-hybridized carbons (Fsp3) is 0.300. The predicted molar refractivity (Wildman–Crippen MR) is 106 cm³/mol. The van der Waals surface area contributed by atoms with E-state index in [1.807, 2.05) is 30.3 Å². The molecule has 2 aromatic carbocycles. The first-order chi connectivity index (χ1) is 12.5. The Hall–Kier alpha value is -2.37. The van der Waals surface area contributed by atoms with Crippen LogP contribution in [0.5, 0.6) is 5.75 Å². The Morgan fingerprint density at radius 1 is 1.15 bits per heavy atom. The van der Waals surface area contributed by atoms with Gasteiger partial charge in [-0.15, -0.1) is 0 Å². The highest BCUT2D eigenvalue weighted by Crippen LogP contribution is 2.34. The Balaban J connectivity index is 1.87. The molecule has 6 heteroatoms. The molecule has 1 fully saturated rings. The summed E-state index contributed by atoms with van der Waals surface area (Å²) in [4.78, 5) is 14.0. The molecule has 0 aliphatic carbocycles. The third-order valence-corrected chi connectivity index (χ3v) is 5.21. The number of aromatic hydroxyl groups is 1. The van der Waals surface area contributed by atoms with E-state index < -0.39 is 0 Å². The van der Waals surface area contributed by atoms with Crippen LogP contribution in [0, 0.1) is 0 Å². The van der Waals surface area contributed by atoms with E-state index in [-0.39, 0.29) is 5.75 Å². The first-order valence-corrected chi connectivity index (χ1v) is 9.08. The normalized spacial score (nSPS) is 17.4. The maximum Gasteiger partial charge on any atom is 0.165 e. The maximum absolute atomic E-state index is 10.2. The van der Waals surface area contributed by atoms with Crippen LogP contribution in [0.3, 0.4) is 0 Å². The molecular weight excluding hydrogens is 348 g/mol. The molecule has 5 nitrogen and oxygen atoms in total. The molecule has 0 unspecified atom stereocenters. The molecule has 1 N–H and O–H groups in total. The Labute approximate surface area is 157 Å². The molecule has 1 aromatic heterocycles. The topological polar surface area (TPSA) is 52.5 Å². The number of benzene rings is 2. The molecule has 0 bridgehead atoms. The molecule has 0 radical (unpaired) electrons. The molecule has 0 saturated carbocycles. The summed E-state index contributed by atoms with van der Waals surface area (Å²) in [7, 11) is 4.22. The number of hydrogen-bond acceptors (Lipinski definition) is 5. The number of anilines is 1. The lowest BCUT2D eigenvalue weighted by Gasteiger charge is -2.22. The van der Waals surface area contributed by atoms with Crippen LogP contribution in [0.1, 0.15) is 6.42 Å². The van der Waals surface area contributed by atoms with Crippen molar-refractivity contribution < 1.29 is 5.11 Å². The molecule has 1 atom stereocenters. The zero-order valence-electron chi connectivity index (χ0n) is 14.9. The van der Waals surface area contributed by atoms with Gasteiger partial charge in [0.1, 0.15) is 11.6 Å². The molecule has 1 aliphatic rings. The van der Waals surface area contributed by atoms with Crippen molar-refractivity contribution in [1.29, 1.82) is 0 Å². The summed E-state index contributed by atoms with van der Waals surface area (Å²) in [5.74, 6) is 1.59. The van der Waals surface area contributed by atoms with Crippen LogP contribution in [-0.4, -0.2) is 53.2 Å². The Kier molecular flexibility index (Phi) is 4.42. The van der Waals surface area contributed by atoms with Gasteiger partial charge in [0.05, 0.1) is 11.1 Å². The van der Waals surface area contributed by atoms with Gasteiger partial charge in [0.2, 0.25) is 0 Å². The SMILES string of the molecule is CN(C)[C@@H]1CCN(c2nc(-c3ccccc3O)nc3cc(Cl)ccc23)C1. The van der Waals surface area contributed by atoms with Gasteiger partial charge in [-0.1, -0.05) is 23.7 Å². The first kappa shape index (κ1) is 17.1. The zero-order chi connectivity index (χ0) is 18.3. The maximum atomic E-state index is 10.2. The number of fused-ring (bicyclic) bond motifs is 1. The number of likely N-dealkylation sites (N-methyl/N-ethyl adjacent to an activating group) is 1. The van der Waals surface area contributed by atoms with Gasteiger partial charge >= 0.3 is 0 Å². The van der Waals surface area contributed by atoms with Gasteiger partial charge in [0.15, 0.2) is 5.82 Å². The largest absolute Gasteiger partial charge is 0.507 e. The summed E-state index contributed by atoms with van der Waals surface area (Å²) in [6.45, 7) is 1.86. The monoisotopic (exact) mass is 368 g/mol. The standard InChI is InChI=1S/C20H21ClN4O/c1-24(2)14-9-10-25(12-14)20-15-8-7-13(21)11-17(15)22-19(23-20)16-5-3-4-6-18(16)26/h3-8,11,14,26H,9-10,12H2,1-2H3/t14-/m1/s1. The highest BCUT2D eigenvalue weighted by atomic mass is 35.5. The molecule has 134 valence electrons. The van der Waals surface area contributed by atoms with Crippen molar-refractivity contribution in [3.8, 4) is 17.1 Å². The lowest BCUT2D eigenvalue weighted by molar-refractivity contribution is 0.315. The second-order valence-corrected chi connectivity index (χ2v) is 7.34. The summed E-state index contributed by atoms with van der Waals surface area (Å²) >= 11 is 6.19. The summed E-state index contributed by atoms with van der Waals surface area (Å²) in [6, 6.07) is 13.3. The van der Waals surface area contributed by atoms with Crippen molar-refractivity contribution in [2.24, 2.45) is 0 Å². The number of halogens is 1. The smallest absolute Gasteiger partial charge is 0.165 e. The molecule has 1 aliphatic heterocycles. The van der Waals surface area contributed by atoms with Crippen LogP contribution < -0.4 is 4.90 Å². The van der Waals surface area contributed by atoms with Gasteiger partial charge in [-0.25, -0.2) is 9.97 Å². The van der Waals surface area contributed by atoms with Crippen LogP contribution in [-0.2, 0) is 0 Å². The molecule has 1 saturated heterocycles. The van der Waals surface area contributed by atoms with E-state index >= 15 is 0 Å². The number of aromatic nitrogens is 2. The fourth-order valence-corrected chi connectivity index (χ4v) is 3.63.